The van der Waals surface area contributed by atoms with Crippen LogP contribution in [0.3, 0.4) is 0 Å². The van der Waals surface area contributed by atoms with E-state index < -0.39 is 17.6 Å². The summed E-state index contributed by atoms with van der Waals surface area (Å²) in [5.41, 5.74) is -0.545. The minimum absolute atomic E-state index is 0.0705. The number of carbonyl (C=O) groups is 1. The molecule has 23 heavy (non-hydrogen) atoms. The minimum Gasteiger partial charge on any atom is -0.310 e. The molecule has 0 unspecified atom stereocenters. The van der Waals surface area contributed by atoms with Gasteiger partial charge in [0.2, 0.25) is 5.91 Å². The standard InChI is InChI=1S/C13H7Br2F3N4O/c1-6(23)21-12-7(4-19)5-20-22(12)11-9(14)2-8(3-10(11)15)13(16,17)18/h2-3,5H,1H3,(H,21,23). The fraction of sp³-hybridized carbons (Fsp3) is 0.154. The Bertz CT molecular complexity index is 801. The van der Waals surface area contributed by atoms with Crippen LogP contribution in [0.25, 0.3) is 5.69 Å². The molecule has 1 aromatic carbocycles. The van der Waals surface area contributed by atoms with Crippen molar-refractivity contribution in [1.29, 1.82) is 5.26 Å². The minimum atomic E-state index is -4.51. The molecule has 1 heterocycles. The number of hydrogen-bond acceptors (Lipinski definition) is 3. The van der Waals surface area contributed by atoms with Crippen molar-refractivity contribution in [2.75, 3.05) is 5.32 Å². The molecule has 10 heteroatoms. The van der Waals surface area contributed by atoms with Crippen molar-refractivity contribution in [1.82, 2.24) is 9.78 Å². The summed E-state index contributed by atoms with van der Waals surface area (Å²) in [5.74, 6) is -0.372. The van der Waals surface area contributed by atoms with Gasteiger partial charge in [-0.05, 0) is 44.0 Å². The molecule has 2 aromatic rings. The third-order valence-corrected chi connectivity index (χ3v) is 3.95. The van der Waals surface area contributed by atoms with E-state index in [2.05, 4.69) is 42.3 Å². The molecule has 0 saturated heterocycles. The summed E-state index contributed by atoms with van der Waals surface area (Å²) in [6, 6.07) is 3.65. The molecule has 1 amide bonds. The first-order chi connectivity index (χ1) is 10.6. The summed E-state index contributed by atoms with van der Waals surface area (Å²) >= 11 is 6.14. The van der Waals surface area contributed by atoms with Crippen molar-refractivity contribution in [2.24, 2.45) is 0 Å². The number of nitrogens with one attached hydrogen (secondary N) is 1. The molecule has 0 fully saturated rings. The summed E-state index contributed by atoms with van der Waals surface area (Å²) in [5, 5.41) is 15.5. The highest BCUT2D eigenvalue weighted by Gasteiger charge is 2.32. The Kier molecular flexibility index (Phi) is 4.81. The highest BCUT2D eigenvalue weighted by atomic mass is 79.9. The van der Waals surface area contributed by atoms with Gasteiger partial charge >= 0.3 is 6.18 Å². The van der Waals surface area contributed by atoms with Gasteiger partial charge < -0.3 is 5.32 Å². The first kappa shape index (κ1) is 17.5. The fourth-order valence-electron chi connectivity index (χ4n) is 1.82. The van der Waals surface area contributed by atoms with Crippen LogP contribution in [-0.2, 0) is 11.0 Å². The van der Waals surface area contributed by atoms with Crippen molar-refractivity contribution in [2.45, 2.75) is 13.1 Å². The molecule has 0 radical (unpaired) electrons. The van der Waals surface area contributed by atoms with Gasteiger partial charge in [0.15, 0.2) is 5.82 Å². The van der Waals surface area contributed by atoms with Crippen molar-refractivity contribution in [3.05, 3.63) is 38.4 Å². The van der Waals surface area contributed by atoms with Gasteiger partial charge in [0.25, 0.3) is 0 Å². The second kappa shape index (κ2) is 6.33. The van der Waals surface area contributed by atoms with Crippen molar-refractivity contribution >= 4 is 43.6 Å². The quantitative estimate of drug-likeness (QED) is 0.742. The second-order valence-corrected chi connectivity index (χ2v) is 6.11. The Morgan fingerprint density at radius 3 is 2.35 bits per heavy atom. The van der Waals surface area contributed by atoms with E-state index in [1.807, 2.05) is 6.07 Å². The van der Waals surface area contributed by atoms with Gasteiger partial charge in [0.05, 0.1) is 17.4 Å². The zero-order valence-corrected chi connectivity index (χ0v) is 14.5. The molecule has 0 aliphatic rings. The Morgan fingerprint density at radius 2 is 1.91 bits per heavy atom. The van der Waals surface area contributed by atoms with Gasteiger partial charge in [-0.3, -0.25) is 4.79 Å². The Labute approximate surface area is 145 Å². The second-order valence-electron chi connectivity index (χ2n) is 4.40. The van der Waals surface area contributed by atoms with Crippen molar-refractivity contribution in [3.63, 3.8) is 0 Å². The van der Waals surface area contributed by atoms with Gasteiger partial charge in [-0.2, -0.15) is 23.5 Å². The van der Waals surface area contributed by atoms with Crippen molar-refractivity contribution < 1.29 is 18.0 Å². The Morgan fingerprint density at radius 1 is 1.35 bits per heavy atom. The van der Waals surface area contributed by atoms with Gasteiger partial charge in [-0.1, -0.05) is 0 Å². The van der Waals surface area contributed by atoms with Gasteiger partial charge in [0.1, 0.15) is 11.6 Å². The number of amides is 1. The molecule has 2 rings (SSSR count). The van der Waals surface area contributed by atoms with Crippen LogP contribution in [0.4, 0.5) is 19.0 Å². The zero-order valence-electron chi connectivity index (χ0n) is 11.4. The maximum atomic E-state index is 12.8. The van der Waals surface area contributed by atoms with Crippen LogP contribution in [0.15, 0.2) is 27.3 Å². The third-order valence-electron chi connectivity index (χ3n) is 2.74. The number of hydrogen-bond donors (Lipinski definition) is 1. The highest BCUT2D eigenvalue weighted by Crippen LogP contribution is 2.38. The van der Waals surface area contributed by atoms with E-state index in [0.717, 1.165) is 12.1 Å². The lowest BCUT2D eigenvalue weighted by Crippen LogP contribution is -2.13. The Balaban J connectivity index is 2.67. The summed E-state index contributed by atoms with van der Waals surface area (Å²) in [6.07, 6.45) is -3.30. The number of rotatable bonds is 2. The van der Waals surface area contributed by atoms with Gasteiger partial charge in [-0.15, -0.1) is 0 Å². The molecule has 0 atom stereocenters. The lowest BCUT2D eigenvalue weighted by molar-refractivity contribution is -0.137. The lowest BCUT2D eigenvalue weighted by atomic mass is 10.2. The van der Waals surface area contributed by atoms with E-state index in [9.17, 15) is 18.0 Å². The number of carbonyl (C=O) groups excluding carboxylic acids is 1. The number of benzene rings is 1. The van der Waals surface area contributed by atoms with Gasteiger partial charge in [-0.25, -0.2) is 4.68 Å². The van der Waals surface area contributed by atoms with Crippen LogP contribution in [0.2, 0.25) is 0 Å². The molecular formula is C13H7Br2F3N4O. The smallest absolute Gasteiger partial charge is 0.310 e. The maximum Gasteiger partial charge on any atom is 0.416 e. The predicted molar refractivity (Wildman–Crippen MR) is 83.0 cm³/mol. The molecule has 1 N–H and O–H groups in total. The van der Waals surface area contributed by atoms with Gasteiger partial charge in [0, 0.05) is 15.9 Å². The molecule has 120 valence electrons. The molecule has 1 aromatic heterocycles. The monoisotopic (exact) mass is 450 g/mol. The third kappa shape index (κ3) is 3.56. The van der Waals surface area contributed by atoms with Crippen LogP contribution >= 0.6 is 31.9 Å². The molecule has 0 aliphatic carbocycles. The first-order valence-corrected chi connectivity index (χ1v) is 7.56. The molecule has 0 bridgehead atoms. The fourth-order valence-corrected chi connectivity index (χ4v) is 3.34. The van der Waals surface area contributed by atoms with Crippen LogP contribution < -0.4 is 5.32 Å². The first-order valence-electron chi connectivity index (χ1n) is 5.97. The number of halogens is 5. The summed E-state index contributed by atoms with van der Waals surface area (Å²) in [4.78, 5) is 11.3. The number of nitriles is 1. The normalized spacial score (nSPS) is 11.2. The maximum absolute atomic E-state index is 12.8. The van der Waals surface area contributed by atoms with E-state index in [-0.39, 0.29) is 26.0 Å². The molecule has 5 nitrogen and oxygen atoms in total. The van der Waals surface area contributed by atoms with E-state index in [0.29, 0.717) is 0 Å². The molecule has 0 saturated carbocycles. The largest absolute Gasteiger partial charge is 0.416 e. The number of alkyl halides is 3. The molecule has 0 aliphatic heterocycles. The topological polar surface area (TPSA) is 70.7 Å². The average molecular weight is 452 g/mol. The highest BCUT2D eigenvalue weighted by molar-refractivity contribution is 9.11. The van der Waals surface area contributed by atoms with Crippen LogP contribution in [-0.4, -0.2) is 15.7 Å². The van der Waals surface area contributed by atoms with Crippen molar-refractivity contribution in [3.8, 4) is 11.8 Å². The zero-order chi connectivity index (χ0) is 17.4. The van der Waals surface area contributed by atoms with E-state index >= 15 is 0 Å². The molecule has 0 spiro atoms. The molecular weight excluding hydrogens is 445 g/mol. The number of anilines is 1. The number of aromatic nitrogens is 2. The number of nitrogens with zero attached hydrogens (tertiary/aromatic N) is 3. The van der Waals surface area contributed by atoms with Crippen LogP contribution in [0.5, 0.6) is 0 Å². The predicted octanol–water partition coefficient (Wildman–Crippen LogP) is 4.25. The lowest BCUT2D eigenvalue weighted by Gasteiger charge is -2.15. The van der Waals surface area contributed by atoms with Crippen LogP contribution in [0.1, 0.15) is 18.1 Å². The van der Waals surface area contributed by atoms with E-state index in [1.54, 1.807) is 0 Å². The summed E-state index contributed by atoms with van der Waals surface area (Å²) < 4.78 is 39.8. The SMILES string of the molecule is CC(=O)Nc1c(C#N)cnn1-c1c(Br)cc(C(F)(F)F)cc1Br. The van der Waals surface area contributed by atoms with Crippen LogP contribution in [0, 0.1) is 11.3 Å². The van der Waals surface area contributed by atoms with E-state index in [1.165, 1.54) is 17.8 Å². The van der Waals surface area contributed by atoms with E-state index in [4.69, 9.17) is 5.26 Å². The average Bonchev–Trinajstić information content (AvgIpc) is 2.79. The summed E-state index contributed by atoms with van der Waals surface area (Å²) in [7, 11) is 0. The summed E-state index contributed by atoms with van der Waals surface area (Å²) in [6.45, 7) is 1.25. The Hall–Kier alpha value is -1.86.